The summed E-state index contributed by atoms with van der Waals surface area (Å²) in [6, 6.07) is 0. The minimum absolute atomic E-state index is 0.0963. The predicted molar refractivity (Wildman–Crippen MR) is 169 cm³/mol. The topological polar surface area (TPSA) is 36.9 Å². The van der Waals surface area contributed by atoms with Crippen LogP contribution in [0, 0.1) is 0 Å². The van der Waals surface area contributed by atoms with E-state index in [0.29, 0.717) is 39.9 Å². The molecule has 0 aromatic heterocycles. The monoisotopic (exact) mass is 572 g/mol. The van der Waals surface area contributed by atoms with Crippen LogP contribution in [0.2, 0.25) is 51.4 Å². The molecule has 1 aliphatic rings. The fourth-order valence-corrected chi connectivity index (χ4v) is 19.2. The molecular formula is C30H64O4Si3. The smallest absolute Gasteiger partial charge is 0.201 e. The van der Waals surface area contributed by atoms with Crippen molar-refractivity contribution in [1.29, 1.82) is 0 Å². The Hall–Kier alpha value is 0.0706. The highest BCUT2D eigenvalue weighted by atomic mass is 28.4. The van der Waals surface area contributed by atoms with Gasteiger partial charge >= 0.3 is 0 Å². The Balaban J connectivity index is 3.52. The van der Waals surface area contributed by atoms with Gasteiger partial charge in [-0.1, -0.05) is 104 Å². The lowest BCUT2D eigenvalue weighted by Gasteiger charge is -2.50. The first-order valence-electron chi connectivity index (χ1n) is 15.0. The average molecular weight is 573 g/mol. The van der Waals surface area contributed by atoms with Gasteiger partial charge < -0.3 is 18.0 Å². The molecule has 1 aliphatic heterocycles. The van der Waals surface area contributed by atoms with Crippen molar-refractivity contribution >= 4 is 25.0 Å². The summed E-state index contributed by atoms with van der Waals surface area (Å²) in [5, 5.41) is 0.0963. The Labute approximate surface area is 235 Å². The van der Waals surface area contributed by atoms with Crippen molar-refractivity contribution < 1.29 is 18.0 Å². The van der Waals surface area contributed by atoms with Crippen LogP contribution in [0.1, 0.15) is 104 Å². The van der Waals surface area contributed by atoms with Crippen molar-refractivity contribution in [2.75, 3.05) is 6.61 Å². The fraction of sp³-hybridized carbons (Fsp3) is 0.933. The Bertz CT molecular complexity index is 679. The molecule has 0 amide bonds. The second kappa shape index (κ2) is 13.2. The summed E-state index contributed by atoms with van der Waals surface area (Å²) >= 11 is 0. The molecule has 1 rings (SSSR count). The second-order valence-electron chi connectivity index (χ2n) is 14.9. The van der Waals surface area contributed by atoms with Gasteiger partial charge in [-0.15, -0.1) is 0 Å². The van der Waals surface area contributed by atoms with Crippen LogP contribution >= 0.6 is 0 Å². The molecule has 0 aromatic carbocycles. The van der Waals surface area contributed by atoms with Crippen LogP contribution in [0.3, 0.4) is 0 Å². The van der Waals surface area contributed by atoms with E-state index < -0.39 is 25.0 Å². The summed E-state index contributed by atoms with van der Waals surface area (Å²) < 4.78 is 28.0. The maximum atomic E-state index is 7.36. The molecule has 37 heavy (non-hydrogen) atoms. The molecule has 0 bridgehead atoms. The lowest BCUT2D eigenvalue weighted by molar-refractivity contribution is -0.0693. The molecular weight excluding hydrogens is 509 g/mol. The largest absolute Gasteiger partial charge is 0.493 e. The van der Waals surface area contributed by atoms with E-state index in [-0.39, 0.29) is 23.4 Å². The van der Waals surface area contributed by atoms with E-state index in [1.54, 1.807) is 0 Å². The third-order valence-electron chi connectivity index (χ3n) is 9.70. The summed E-state index contributed by atoms with van der Waals surface area (Å²) in [7, 11) is -6.26. The highest BCUT2D eigenvalue weighted by molar-refractivity contribution is 6.78. The van der Waals surface area contributed by atoms with Gasteiger partial charge in [0.05, 0.1) is 19.0 Å². The predicted octanol–water partition coefficient (Wildman–Crippen LogP) is 10.0. The third-order valence-corrected chi connectivity index (χ3v) is 26.4. The zero-order valence-electron chi connectivity index (χ0n) is 27.7. The molecule has 3 atom stereocenters. The van der Waals surface area contributed by atoms with E-state index in [9.17, 15) is 0 Å². The zero-order chi connectivity index (χ0) is 29.1. The van der Waals surface area contributed by atoms with Gasteiger partial charge in [-0.25, -0.2) is 0 Å². The summed E-state index contributed by atoms with van der Waals surface area (Å²) in [5.74, 6) is 0. The Morgan fingerprint density at radius 1 is 0.676 bits per heavy atom. The lowest BCUT2D eigenvalue weighted by atomic mass is 10.1. The van der Waals surface area contributed by atoms with E-state index in [4.69, 9.17) is 18.0 Å². The van der Waals surface area contributed by atoms with Crippen molar-refractivity contribution in [1.82, 2.24) is 0 Å². The number of hydrogen-bond donors (Lipinski definition) is 0. The zero-order valence-corrected chi connectivity index (χ0v) is 30.7. The van der Waals surface area contributed by atoms with Crippen molar-refractivity contribution in [3.05, 3.63) is 12.3 Å². The summed E-state index contributed by atoms with van der Waals surface area (Å²) in [5.41, 5.74) is 3.11. The van der Waals surface area contributed by atoms with Crippen molar-refractivity contribution in [3.63, 3.8) is 0 Å². The first-order valence-corrected chi connectivity index (χ1v) is 22.2. The normalized spacial score (nSPS) is 22.3. The molecule has 0 aromatic rings. The minimum Gasteiger partial charge on any atom is -0.493 e. The van der Waals surface area contributed by atoms with Crippen LogP contribution in [-0.4, -0.2) is 49.9 Å². The summed E-state index contributed by atoms with van der Waals surface area (Å²) in [6.07, 6.45) is 3.52. The van der Waals surface area contributed by atoms with E-state index in [1.807, 2.05) is 6.26 Å². The molecule has 0 saturated carbocycles. The van der Waals surface area contributed by atoms with Crippen LogP contribution < -0.4 is 0 Å². The van der Waals surface area contributed by atoms with E-state index in [1.165, 1.54) is 0 Å². The molecule has 1 heterocycles. The minimum atomic E-state index is -2.12. The molecule has 0 fully saturated rings. The molecule has 220 valence electrons. The fourth-order valence-electron chi connectivity index (χ4n) is 6.89. The van der Waals surface area contributed by atoms with E-state index in [0.717, 1.165) is 0 Å². The Morgan fingerprint density at radius 2 is 1.08 bits per heavy atom. The maximum absolute atomic E-state index is 7.36. The second-order valence-corrected chi connectivity index (χ2v) is 30.5. The van der Waals surface area contributed by atoms with Gasteiger partial charge in [0.1, 0.15) is 12.2 Å². The van der Waals surface area contributed by atoms with Crippen molar-refractivity contribution in [3.8, 4) is 0 Å². The van der Waals surface area contributed by atoms with Gasteiger partial charge in [0.25, 0.3) is 0 Å². The Morgan fingerprint density at radius 3 is 1.43 bits per heavy atom. The highest BCUT2D eigenvalue weighted by Crippen LogP contribution is 2.46. The van der Waals surface area contributed by atoms with E-state index in [2.05, 4.69) is 123 Å². The molecule has 0 N–H and O–H groups in total. The molecule has 0 radical (unpaired) electrons. The molecule has 7 heteroatoms. The number of ether oxygens (including phenoxy) is 1. The molecule has 0 spiro atoms. The van der Waals surface area contributed by atoms with Gasteiger partial charge in [-0.2, -0.15) is 0 Å². The summed E-state index contributed by atoms with van der Waals surface area (Å²) in [4.78, 5) is 0. The third kappa shape index (κ3) is 7.43. The lowest BCUT2D eigenvalue weighted by Crippen LogP contribution is -2.59. The quantitative estimate of drug-likeness (QED) is 0.206. The van der Waals surface area contributed by atoms with Gasteiger partial charge in [0, 0.05) is 0 Å². The Kier molecular flexibility index (Phi) is 12.5. The van der Waals surface area contributed by atoms with Crippen molar-refractivity contribution in [2.24, 2.45) is 0 Å². The molecule has 0 saturated heterocycles. The molecule has 0 aliphatic carbocycles. The van der Waals surface area contributed by atoms with Crippen LogP contribution in [-0.2, 0) is 18.0 Å². The number of rotatable bonds is 13. The first-order chi connectivity index (χ1) is 16.7. The summed E-state index contributed by atoms with van der Waals surface area (Å²) in [6.45, 7) is 40.4. The average Bonchev–Trinajstić information content (AvgIpc) is 2.71. The van der Waals surface area contributed by atoms with Gasteiger partial charge in [0.2, 0.25) is 16.6 Å². The maximum Gasteiger partial charge on any atom is 0.201 e. The standard InChI is InChI=1S/C30H64O4Si3/c1-21(2)36(22(3)4,23(5)6)32-20-28-29(34-35(16,17)30(13,14)15)27(18-19-31-28)33-37(24(7)8,25(9)10)26(11)12/h18-19,21-29H,20H2,1-17H3/t27-,28-,29-/m1/s1. The van der Waals surface area contributed by atoms with Crippen LogP contribution in [0.15, 0.2) is 12.3 Å². The van der Waals surface area contributed by atoms with Crippen LogP contribution in [0.5, 0.6) is 0 Å². The van der Waals surface area contributed by atoms with E-state index >= 15 is 0 Å². The van der Waals surface area contributed by atoms with Gasteiger partial charge in [-0.3, -0.25) is 0 Å². The number of hydrogen-bond acceptors (Lipinski definition) is 4. The molecule has 0 unspecified atom stereocenters. The molecule has 4 nitrogen and oxygen atoms in total. The SMILES string of the molecule is CC(C)[Si](OC[C@H]1OC=C[C@@H](O[Si](C(C)C)(C(C)C)C(C)C)[C@H]1O[Si](C)(C)C(C)(C)C)(C(C)C)C(C)C. The van der Waals surface area contributed by atoms with Crippen molar-refractivity contribution in [2.45, 2.75) is 174 Å². The van der Waals surface area contributed by atoms with Gasteiger partial charge in [0.15, 0.2) is 8.32 Å². The highest BCUT2D eigenvalue weighted by Gasteiger charge is 2.52. The van der Waals surface area contributed by atoms with Crippen LogP contribution in [0.4, 0.5) is 0 Å². The van der Waals surface area contributed by atoms with Crippen LogP contribution in [0.25, 0.3) is 0 Å². The van der Waals surface area contributed by atoms with Gasteiger partial charge in [-0.05, 0) is 57.5 Å². The first kappa shape index (κ1) is 35.1.